The Hall–Kier alpha value is -1.89. The molecule has 0 amide bonds. The Morgan fingerprint density at radius 2 is 1.70 bits per heavy atom. The predicted molar refractivity (Wildman–Crippen MR) is 109 cm³/mol. The molecule has 3 rings (SSSR count). The molecule has 2 aromatic carbocycles. The van der Waals surface area contributed by atoms with Gasteiger partial charge in [0.25, 0.3) is 0 Å². The van der Waals surface area contributed by atoms with Gasteiger partial charge in [-0.15, -0.1) is 10.2 Å². The van der Waals surface area contributed by atoms with Crippen LogP contribution in [-0.4, -0.2) is 33.8 Å². The van der Waals surface area contributed by atoms with E-state index in [0.29, 0.717) is 0 Å². The van der Waals surface area contributed by atoms with Gasteiger partial charge < -0.3 is 0 Å². The van der Waals surface area contributed by atoms with Crippen LogP contribution >= 0.6 is 23.4 Å². The molecular weight excluding hydrogens is 383 g/mol. The number of rotatable bonds is 6. The van der Waals surface area contributed by atoms with Crippen molar-refractivity contribution in [1.29, 1.82) is 0 Å². The average Bonchev–Trinajstić information content (AvgIpc) is 3.05. The van der Waals surface area contributed by atoms with Gasteiger partial charge in [-0.2, -0.15) is 0 Å². The van der Waals surface area contributed by atoms with Crippen LogP contribution in [0.15, 0.2) is 53.7 Å². The topological polar surface area (TPSA) is 34.0 Å². The van der Waals surface area contributed by atoms with Crippen molar-refractivity contribution in [2.75, 3.05) is 14.1 Å². The predicted octanol–water partition coefficient (Wildman–Crippen LogP) is 5.54. The van der Waals surface area contributed by atoms with E-state index in [1.165, 1.54) is 12.1 Å². The summed E-state index contributed by atoms with van der Waals surface area (Å²) in [4.78, 5) is 2.07. The van der Waals surface area contributed by atoms with E-state index < -0.39 is 0 Å². The highest BCUT2D eigenvalue weighted by molar-refractivity contribution is 7.99. The number of benzene rings is 2. The molecule has 3 aromatic rings. The summed E-state index contributed by atoms with van der Waals surface area (Å²) < 4.78 is 15.4. The summed E-state index contributed by atoms with van der Waals surface area (Å²) in [6, 6.07) is 14.2. The van der Waals surface area contributed by atoms with Gasteiger partial charge in [0.1, 0.15) is 5.82 Å². The van der Waals surface area contributed by atoms with Crippen molar-refractivity contribution in [3.8, 4) is 5.69 Å². The van der Waals surface area contributed by atoms with Crippen LogP contribution in [0.2, 0.25) is 5.02 Å². The lowest BCUT2D eigenvalue weighted by molar-refractivity contribution is 0.305. The van der Waals surface area contributed by atoms with Crippen LogP contribution in [0.1, 0.15) is 36.5 Å². The van der Waals surface area contributed by atoms with E-state index >= 15 is 0 Å². The molecule has 7 heteroatoms. The quantitative estimate of drug-likeness (QED) is 0.505. The number of thioether (sulfide) groups is 1. The maximum absolute atomic E-state index is 13.4. The fraction of sp³-hybridized carbons (Fsp3) is 0.300. The molecule has 1 heterocycles. The van der Waals surface area contributed by atoms with Gasteiger partial charge in [0.2, 0.25) is 0 Å². The lowest BCUT2D eigenvalue weighted by atomic mass is 10.2. The van der Waals surface area contributed by atoms with Crippen molar-refractivity contribution < 1.29 is 4.39 Å². The molecule has 4 nitrogen and oxygen atoms in total. The van der Waals surface area contributed by atoms with E-state index in [-0.39, 0.29) is 17.1 Å². The van der Waals surface area contributed by atoms with Crippen molar-refractivity contribution >= 4 is 23.4 Å². The highest BCUT2D eigenvalue weighted by Gasteiger charge is 2.23. The second-order valence-electron chi connectivity index (χ2n) is 6.57. The van der Waals surface area contributed by atoms with Crippen LogP contribution in [0.25, 0.3) is 5.69 Å². The van der Waals surface area contributed by atoms with Crippen molar-refractivity contribution in [2.45, 2.75) is 30.3 Å². The first-order valence-corrected chi connectivity index (χ1v) is 9.93. The summed E-state index contributed by atoms with van der Waals surface area (Å²) >= 11 is 7.93. The van der Waals surface area contributed by atoms with E-state index in [2.05, 4.69) is 28.9 Å². The van der Waals surface area contributed by atoms with Crippen LogP contribution in [0, 0.1) is 5.82 Å². The molecule has 0 spiro atoms. The maximum Gasteiger partial charge on any atom is 0.196 e. The third-order valence-electron chi connectivity index (χ3n) is 4.52. The van der Waals surface area contributed by atoms with Gasteiger partial charge in [-0.25, -0.2) is 4.39 Å². The van der Waals surface area contributed by atoms with Gasteiger partial charge in [0.15, 0.2) is 11.0 Å². The average molecular weight is 405 g/mol. The minimum absolute atomic E-state index is 0.0486. The molecule has 0 aliphatic heterocycles. The lowest BCUT2D eigenvalue weighted by Gasteiger charge is -2.21. The molecular formula is C20H22ClFN4S. The van der Waals surface area contributed by atoms with Crippen LogP contribution < -0.4 is 0 Å². The lowest BCUT2D eigenvalue weighted by Crippen LogP contribution is -2.20. The van der Waals surface area contributed by atoms with Gasteiger partial charge in [-0.05, 0) is 63.8 Å². The second-order valence-corrected chi connectivity index (χ2v) is 8.29. The molecule has 0 saturated carbocycles. The molecule has 0 aliphatic carbocycles. The van der Waals surface area contributed by atoms with Gasteiger partial charge in [-0.1, -0.05) is 41.6 Å². The molecule has 0 N–H and O–H groups in total. The minimum Gasteiger partial charge on any atom is -0.300 e. The van der Waals surface area contributed by atoms with Crippen LogP contribution in [-0.2, 0) is 0 Å². The second kappa shape index (κ2) is 8.42. The minimum atomic E-state index is -0.271. The Labute approximate surface area is 168 Å². The number of nitrogens with zero attached hydrogens (tertiary/aromatic N) is 4. The zero-order valence-electron chi connectivity index (χ0n) is 15.7. The number of hydrogen-bond acceptors (Lipinski definition) is 4. The molecule has 142 valence electrons. The smallest absolute Gasteiger partial charge is 0.196 e. The van der Waals surface area contributed by atoms with Crippen molar-refractivity contribution in [3.63, 3.8) is 0 Å². The Morgan fingerprint density at radius 3 is 2.33 bits per heavy atom. The fourth-order valence-corrected chi connectivity index (χ4v) is 4.12. The highest BCUT2D eigenvalue weighted by Crippen LogP contribution is 2.38. The summed E-state index contributed by atoms with van der Waals surface area (Å²) in [5.74, 6) is 0.535. The summed E-state index contributed by atoms with van der Waals surface area (Å²) in [7, 11) is 3.99. The standard InChI is InChI=1S/C20H22ClFN4S/c1-13(25(3)4)19-23-24-20(26(19)16-11-9-15(22)10-12-16)27-14(2)17-7-5-6-8-18(17)21/h5-14H,1-4H3/t13-,14-/m1/s1. The third-order valence-corrected chi connectivity index (χ3v) is 5.94. The Morgan fingerprint density at radius 1 is 1.04 bits per heavy atom. The van der Waals surface area contributed by atoms with Crippen molar-refractivity contribution in [2.24, 2.45) is 0 Å². The zero-order chi connectivity index (χ0) is 19.6. The number of aromatic nitrogens is 3. The normalized spacial score (nSPS) is 13.7. The molecule has 0 bridgehead atoms. The van der Waals surface area contributed by atoms with Gasteiger partial charge in [-0.3, -0.25) is 9.47 Å². The molecule has 1 aromatic heterocycles. The van der Waals surface area contributed by atoms with E-state index in [9.17, 15) is 4.39 Å². The SMILES string of the molecule is C[C@H](c1nnc(S[C@H](C)c2ccccc2Cl)n1-c1ccc(F)cc1)N(C)C. The molecule has 2 atom stereocenters. The summed E-state index contributed by atoms with van der Waals surface area (Å²) in [5, 5.41) is 10.4. The molecule has 0 fully saturated rings. The molecule has 0 radical (unpaired) electrons. The number of hydrogen-bond donors (Lipinski definition) is 0. The van der Waals surface area contributed by atoms with Crippen molar-refractivity contribution in [3.05, 3.63) is 70.8 Å². The van der Waals surface area contributed by atoms with Gasteiger partial charge in [0, 0.05) is 16.0 Å². The Bertz CT molecular complexity index is 911. The van der Waals surface area contributed by atoms with Crippen molar-refractivity contribution in [1.82, 2.24) is 19.7 Å². The first-order valence-electron chi connectivity index (χ1n) is 8.67. The van der Waals surface area contributed by atoms with Crippen LogP contribution in [0.3, 0.4) is 0 Å². The third kappa shape index (κ3) is 4.34. The fourth-order valence-electron chi connectivity index (χ4n) is 2.72. The van der Waals surface area contributed by atoms with Gasteiger partial charge >= 0.3 is 0 Å². The Balaban J connectivity index is 2.02. The molecule has 0 unspecified atom stereocenters. The van der Waals surface area contributed by atoms with E-state index in [1.807, 2.05) is 42.9 Å². The van der Waals surface area contributed by atoms with Crippen LogP contribution in [0.4, 0.5) is 4.39 Å². The molecule has 0 saturated heterocycles. The first-order chi connectivity index (χ1) is 12.9. The van der Waals surface area contributed by atoms with E-state index in [4.69, 9.17) is 11.6 Å². The zero-order valence-corrected chi connectivity index (χ0v) is 17.3. The van der Waals surface area contributed by atoms with E-state index in [0.717, 1.165) is 27.3 Å². The summed E-state index contributed by atoms with van der Waals surface area (Å²) in [5.41, 5.74) is 1.87. The molecule has 0 aliphatic rings. The van der Waals surface area contributed by atoms with Gasteiger partial charge in [0.05, 0.1) is 6.04 Å². The largest absolute Gasteiger partial charge is 0.300 e. The van der Waals surface area contributed by atoms with E-state index in [1.54, 1.807) is 23.9 Å². The van der Waals surface area contributed by atoms with Crippen LogP contribution in [0.5, 0.6) is 0 Å². The maximum atomic E-state index is 13.4. The summed E-state index contributed by atoms with van der Waals surface area (Å²) in [6.45, 7) is 4.15. The highest BCUT2D eigenvalue weighted by atomic mass is 35.5. The summed E-state index contributed by atoms with van der Waals surface area (Å²) in [6.07, 6.45) is 0. The first kappa shape index (κ1) is 19.9. The number of halogens is 2. The Kier molecular flexibility index (Phi) is 6.19. The monoisotopic (exact) mass is 404 g/mol. The molecule has 27 heavy (non-hydrogen) atoms.